The standard InChI is InChI=1S/C62H48N2O/c1-2-48-50(42-26-24-40(25-27-42)39-14-4-3-5-15-39)32-33-55(63-62(48)46-30-31-51-45(34-46)29-28-41-16-8-9-19-49(41)51)47-37-58(61-53-21-11-13-23-59(53)65-60(61)38-47)64-56-22-12-10-20-52(56)54-35-43-17-6-7-18-44(43)36-57(54)64/h3-31,34-38,48,50,55,62-63H,2,32-33H2,1H3. The molecule has 3 heteroatoms. The van der Waals surface area contributed by atoms with E-state index >= 15 is 0 Å². The molecular formula is C62H48N2O. The first-order valence-electron chi connectivity index (χ1n) is 23.4. The molecule has 65 heavy (non-hydrogen) atoms. The summed E-state index contributed by atoms with van der Waals surface area (Å²) >= 11 is 0. The molecule has 3 heterocycles. The van der Waals surface area contributed by atoms with Crippen LogP contribution in [0.3, 0.4) is 0 Å². The molecule has 0 spiro atoms. The molecule has 1 fully saturated rings. The highest BCUT2D eigenvalue weighted by atomic mass is 16.3. The number of benzene rings is 10. The van der Waals surface area contributed by atoms with Crippen LogP contribution in [0, 0.1) is 5.92 Å². The molecule has 0 amide bonds. The second kappa shape index (κ2) is 15.4. The van der Waals surface area contributed by atoms with Crippen LogP contribution in [0.4, 0.5) is 0 Å². The quantitative estimate of drug-likeness (QED) is 0.169. The van der Waals surface area contributed by atoms with Gasteiger partial charge in [0.05, 0.1) is 22.1 Å². The highest BCUT2D eigenvalue weighted by Crippen LogP contribution is 2.48. The number of hydrogen-bond acceptors (Lipinski definition) is 2. The molecule has 0 aliphatic carbocycles. The van der Waals surface area contributed by atoms with Gasteiger partial charge in [0.25, 0.3) is 0 Å². The van der Waals surface area contributed by atoms with Gasteiger partial charge in [0, 0.05) is 28.2 Å². The molecule has 12 aromatic rings. The molecule has 1 N–H and O–H groups in total. The number of nitrogens with one attached hydrogen (secondary N) is 1. The van der Waals surface area contributed by atoms with Gasteiger partial charge in [-0.25, -0.2) is 0 Å². The van der Waals surface area contributed by atoms with Crippen LogP contribution < -0.4 is 5.32 Å². The van der Waals surface area contributed by atoms with Crippen LogP contribution in [-0.2, 0) is 0 Å². The Morgan fingerprint density at radius 3 is 1.95 bits per heavy atom. The Labute approximate surface area is 378 Å². The molecule has 0 radical (unpaired) electrons. The summed E-state index contributed by atoms with van der Waals surface area (Å²) in [6.45, 7) is 2.39. The predicted molar refractivity (Wildman–Crippen MR) is 273 cm³/mol. The topological polar surface area (TPSA) is 30.1 Å². The van der Waals surface area contributed by atoms with E-state index in [4.69, 9.17) is 4.42 Å². The van der Waals surface area contributed by atoms with Gasteiger partial charge < -0.3 is 14.3 Å². The van der Waals surface area contributed by atoms with Crippen molar-refractivity contribution < 1.29 is 4.42 Å². The lowest BCUT2D eigenvalue weighted by Crippen LogP contribution is -2.31. The van der Waals surface area contributed by atoms with Gasteiger partial charge in [-0.3, -0.25) is 0 Å². The van der Waals surface area contributed by atoms with Crippen molar-refractivity contribution in [3.63, 3.8) is 0 Å². The number of nitrogens with zero attached hydrogens (tertiary/aromatic N) is 1. The number of aromatic nitrogens is 1. The fraction of sp³-hybridized carbons (Fsp3) is 0.129. The first kappa shape index (κ1) is 38.0. The first-order chi connectivity index (χ1) is 32.2. The summed E-state index contributed by atoms with van der Waals surface area (Å²) in [5.41, 5.74) is 11.9. The molecule has 10 aromatic carbocycles. The van der Waals surface area contributed by atoms with Gasteiger partial charge >= 0.3 is 0 Å². The highest BCUT2D eigenvalue weighted by molar-refractivity contribution is 6.17. The predicted octanol–water partition coefficient (Wildman–Crippen LogP) is 16.8. The van der Waals surface area contributed by atoms with Crippen molar-refractivity contribution in [1.29, 1.82) is 0 Å². The Balaban J connectivity index is 1.00. The maximum Gasteiger partial charge on any atom is 0.137 e. The highest BCUT2D eigenvalue weighted by Gasteiger charge is 2.36. The monoisotopic (exact) mass is 836 g/mol. The summed E-state index contributed by atoms with van der Waals surface area (Å²) in [6.07, 6.45) is 3.10. The smallest absolute Gasteiger partial charge is 0.137 e. The van der Waals surface area contributed by atoms with Gasteiger partial charge in [-0.15, -0.1) is 0 Å². The lowest BCUT2D eigenvalue weighted by atomic mass is 9.76. The van der Waals surface area contributed by atoms with Crippen LogP contribution in [0.1, 0.15) is 60.9 Å². The average molecular weight is 837 g/mol. The van der Waals surface area contributed by atoms with Crippen molar-refractivity contribution >= 4 is 76.1 Å². The Morgan fingerprint density at radius 2 is 1.12 bits per heavy atom. The zero-order valence-corrected chi connectivity index (χ0v) is 36.4. The van der Waals surface area contributed by atoms with Gasteiger partial charge in [-0.2, -0.15) is 0 Å². The summed E-state index contributed by atoms with van der Waals surface area (Å²) in [5.74, 6) is 0.722. The molecule has 0 saturated carbocycles. The minimum absolute atomic E-state index is 0.0697. The summed E-state index contributed by atoms with van der Waals surface area (Å²) < 4.78 is 9.39. The second-order valence-corrected chi connectivity index (χ2v) is 18.3. The molecule has 0 bridgehead atoms. The molecule has 4 unspecified atom stereocenters. The Bertz CT molecular complexity index is 3760. The summed E-state index contributed by atoms with van der Waals surface area (Å²) in [6, 6.07) is 76.8. The second-order valence-electron chi connectivity index (χ2n) is 18.3. The van der Waals surface area contributed by atoms with E-state index in [1.54, 1.807) is 0 Å². The zero-order valence-electron chi connectivity index (χ0n) is 36.4. The first-order valence-corrected chi connectivity index (χ1v) is 23.4. The molecule has 4 atom stereocenters. The molecular weight excluding hydrogens is 789 g/mol. The number of furan rings is 1. The van der Waals surface area contributed by atoms with Crippen molar-refractivity contribution in [1.82, 2.24) is 9.88 Å². The van der Waals surface area contributed by atoms with E-state index in [1.807, 2.05) is 0 Å². The lowest BCUT2D eigenvalue weighted by molar-refractivity contribution is 0.309. The SMILES string of the molecule is CCC1C(c2ccc(-c3ccccc3)cc2)CCC(c2cc(-n3c4ccccc4c4cc5ccccc5cc43)c3c(c2)oc2ccccc23)NC1c1ccc2c(ccc3ccccc32)c1. The van der Waals surface area contributed by atoms with Crippen molar-refractivity contribution in [2.45, 2.75) is 44.2 Å². The van der Waals surface area contributed by atoms with Crippen molar-refractivity contribution in [3.05, 3.63) is 223 Å². The molecule has 1 aliphatic rings. The third-order valence-electron chi connectivity index (χ3n) is 14.8. The van der Waals surface area contributed by atoms with Crippen molar-refractivity contribution in [3.8, 4) is 16.8 Å². The molecule has 3 nitrogen and oxygen atoms in total. The van der Waals surface area contributed by atoms with Crippen molar-refractivity contribution in [2.75, 3.05) is 0 Å². The van der Waals surface area contributed by atoms with E-state index in [9.17, 15) is 0 Å². The van der Waals surface area contributed by atoms with Gasteiger partial charge in [0.2, 0.25) is 0 Å². The van der Waals surface area contributed by atoms with E-state index in [0.717, 1.165) is 46.9 Å². The van der Waals surface area contributed by atoms with Crippen LogP contribution in [0.25, 0.3) is 92.9 Å². The lowest BCUT2D eigenvalue weighted by Gasteiger charge is -2.33. The maximum absolute atomic E-state index is 6.88. The summed E-state index contributed by atoms with van der Waals surface area (Å²) in [4.78, 5) is 0. The Morgan fingerprint density at radius 1 is 0.462 bits per heavy atom. The normalized spacial score (nSPS) is 18.1. The minimum Gasteiger partial charge on any atom is -0.456 e. The fourth-order valence-corrected chi connectivity index (χ4v) is 11.7. The largest absolute Gasteiger partial charge is 0.456 e. The summed E-state index contributed by atoms with van der Waals surface area (Å²) in [7, 11) is 0. The van der Waals surface area contributed by atoms with Gasteiger partial charge in [0.15, 0.2) is 0 Å². The Kier molecular flexibility index (Phi) is 8.99. The van der Waals surface area contributed by atoms with Crippen LogP contribution in [0.15, 0.2) is 211 Å². The van der Waals surface area contributed by atoms with Crippen molar-refractivity contribution in [2.24, 2.45) is 5.92 Å². The van der Waals surface area contributed by atoms with E-state index in [0.29, 0.717) is 11.8 Å². The van der Waals surface area contributed by atoms with E-state index in [2.05, 4.69) is 223 Å². The van der Waals surface area contributed by atoms with Crippen LogP contribution in [0.2, 0.25) is 0 Å². The molecule has 312 valence electrons. The molecule has 1 aliphatic heterocycles. The van der Waals surface area contributed by atoms with Gasteiger partial charge in [-0.1, -0.05) is 177 Å². The average Bonchev–Trinajstić information content (AvgIpc) is 3.83. The fourth-order valence-electron chi connectivity index (χ4n) is 11.7. The number of para-hydroxylation sites is 2. The van der Waals surface area contributed by atoms with Crippen LogP contribution >= 0.6 is 0 Å². The third kappa shape index (κ3) is 6.29. The van der Waals surface area contributed by atoms with Gasteiger partial charge in [-0.05, 0) is 127 Å². The number of rotatable bonds is 6. The minimum atomic E-state index is 0.0697. The molecule has 13 rings (SSSR count). The Hall–Kier alpha value is -7.46. The maximum atomic E-state index is 6.88. The molecule has 1 saturated heterocycles. The van der Waals surface area contributed by atoms with E-state index in [1.165, 1.54) is 81.9 Å². The van der Waals surface area contributed by atoms with E-state index in [-0.39, 0.29) is 12.1 Å². The van der Waals surface area contributed by atoms with Gasteiger partial charge in [0.1, 0.15) is 11.2 Å². The number of fused-ring (bicyclic) bond motifs is 10. The zero-order chi connectivity index (χ0) is 43.0. The number of hydrogen-bond donors (Lipinski definition) is 1. The summed E-state index contributed by atoms with van der Waals surface area (Å²) in [5, 5.41) is 16.9. The van der Waals surface area contributed by atoms with E-state index < -0.39 is 0 Å². The van der Waals surface area contributed by atoms with Crippen LogP contribution in [-0.4, -0.2) is 4.57 Å². The van der Waals surface area contributed by atoms with Crippen LogP contribution in [0.5, 0.6) is 0 Å². The molecule has 2 aromatic heterocycles. The third-order valence-corrected chi connectivity index (χ3v) is 14.8.